The summed E-state index contributed by atoms with van der Waals surface area (Å²) in [6.07, 6.45) is -0.116. The van der Waals surface area contributed by atoms with E-state index < -0.39 is 23.4 Å². The van der Waals surface area contributed by atoms with Crippen molar-refractivity contribution in [3.05, 3.63) is 57.0 Å². The summed E-state index contributed by atoms with van der Waals surface area (Å²) in [6.45, 7) is 7.13. The number of H-pyrrole nitrogens is 2. The molecule has 6 nitrogen and oxygen atoms in total. The molecule has 0 bridgehead atoms. The minimum Gasteiger partial charge on any atom is -0.463 e. The molecule has 25 heavy (non-hydrogen) atoms. The number of aryl methyl sites for hydroxylation is 1. The lowest BCUT2D eigenvalue weighted by Gasteiger charge is -2.40. The van der Waals surface area contributed by atoms with Crippen LogP contribution in [-0.2, 0) is 16.0 Å². The Morgan fingerprint density at radius 3 is 2.52 bits per heavy atom. The van der Waals surface area contributed by atoms with Gasteiger partial charge in [0.2, 0.25) is 0 Å². The van der Waals surface area contributed by atoms with Gasteiger partial charge in [0.1, 0.15) is 0 Å². The summed E-state index contributed by atoms with van der Waals surface area (Å²) < 4.78 is 5.41. The van der Waals surface area contributed by atoms with Crippen LogP contribution in [0.15, 0.2) is 29.1 Å². The highest BCUT2D eigenvalue weighted by Crippen LogP contribution is 2.44. The van der Waals surface area contributed by atoms with Gasteiger partial charge < -0.3 is 14.9 Å². The number of hydrogen-bond acceptors (Lipinski definition) is 4. The van der Waals surface area contributed by atoms with E-state index in [0.717, 1.165) is 11.1 Å². The van der Waals surface area contributed by atoms with Gasteiger partial charge in [-0.05, 0) is 33.3 Å². The van der Waals surface area contributed by atoms with Crippen LogP contribution in [-0.4, -0.2) is 33.0 Å². The second-order valence-corrected chi connectivity index (χ2v) is 7.36. The van der Waals surface area contributed by atoms with Crippen LogP contribution in [0.3, 0.4) is 0 Å². The molecule has 0 aliphatic heterocycles. The van der Waals surface area contributed by atoms with E-state index in [4.69, 9.17) is 4.74 Å². The Morgan fingerprint density at radius 2 is 1.92 bits per heavy atom. The minimum atomic E-state index is -1.33. The minimum absolute atomic E-state index is 0.182. The lowest BCUT2D eigenvalue weighted by Crippen LogP contribution is -2.50. The maximum absolute atomic E-state index is 12.8. The molecule has 0 saturated heterocycles. The molecule has 2 aromatic rings. The largest absolute Gasteiger partial charge is 0.463 e. The summed E-state index contributed by atoms with van der Waals surface area (Å²) in [4.78, 5) is 25.2. The van der Waals surface area contributed by atoms with E-state index in [1.54, 1.807) is 20.8 Å². The molecule has 0 saturated carbocycles. The maximum atomic E-state index is 12.8. The molecule has 0 radical (unpaired) electrons. The van der Waals surface area contributed by atoms with Crippen molar-refractivity contribution in [2.24, 2.45) is 5.92 Å². The number of fused-ring (bicyclic) bond motifs is 1. The smallest absolute Gasteiger partial charge is 0.313 e. The number of ether oxygens (including phenoxy) is 1. The third-order valence-corrected chi connectivity index (χ3v) is 4.79. The van der Waals surface area contributed by atoms with Gasteiger partial charge in [-0.15, -0.1) is 0 Å². The number of hydrogen-bond donors (Lipinski definition) is 3. The van der Waals surface area contributed by atoms with Gasteiger partial charge >= 0.3 is 5.97 Å². The second-order valence-electron chi connectivity index (χ2n) is 7.36. The van der Waals surface area contributed by atoms with Crippen LogP contribution in [0.2, 0.25) is 0 Å². The first-order chi connectivity index (χ1) is 11.7. The summed E-state index contributed by atoms with van der Waals surface area (Å²) in [5.74, 6) is -1.92. The number of aromatic nitrogens is 2. The van der Waals surface area contributed by atoms with E-state index in [1.807, 2.05) is 31.2 Å². The van der Waals surface area contributed by atoms with Crippen LogP contribution in [0, 0.1) is 12.8 Å². The number of carbonyl (C=O) groups excluding carboxylic acids is 1. The lowest BCUT2D eigenvalue weighted by molar-refractivity contribution is -0.163. The molecule has 1 aromatic heterocycles. The van der Waals surface area contributed by atoms with Crippen molar-refractivity contribution in [1.82, 2.24) is 10.2 Å². The number of aliphatic hydroxyl groups is 1. The van der Waals surface area contributed by atoms with Crippen molar-refractivity contribution < 1.29 is 14.6 Å². The van der Waals surface area contributed by atoms with Crippen molar-refractivity contribution in [2.75, 3.05) is 0 Å². The standard InChI is InChI=1S/C19H24N2O4/c1-10(2)25-18(23)16-14(12-7-5-11(3)6-8-12)15-13(9-19(16,4)24)20-21-17(15)22/h5-8,10,14,16,24H,9H2,1-4H3,(H2,20,21,22)/t14-,16-,19+/m1/s1. The number of carbonyl (C=O) groups is 1. The van der Waals surface area contributed by atoms with E-state index in [1.165, 1.54) is 0 Å². The monoisotopic (exact) mass is 344 g/mol. The van der Waals surface area contributed by atoms with Gasteiger partial charge in [0.05, 0.1) is 17.6 Å². The molecule has 0 spiro atoms. The number of nitrogens with one attached hydrogen (secondary N) is 2. The highest BCUT2D eigenvalue weighted by Gasteiger charge is 2.51. The Hall–Kier alpha value is -2.34. The van der Waals surface area contributed by atoms with Crippen molar-refractivity contribution in [1.29, 1.82) is 0 Å². The van der Waals surface area contributed by atoms with Gasteiger partial charge in [-0.1, -0.05) is 29.8 Å². The fraction of sp³-hybridized carbons (Fsp3) is 0.474. The Bertz CT molecular complexity index is 830. The molecule has 3 N–H and O–H groups in total. The molecule has 1 aliphatic carbocycles. The van der Waals surface area contributed by atoms with Crippen molar-refractivity contribution in [3.63, 3.8) is 0 Å². The van der Waals surface area contributed by atoms with Crippen LogP contribution < -0.4 is 5.56 Å². The van der Waals surface area contributed by atoms with Crippen LogP contribution in [0.4, 0.5) is 0 Å². The number of rotatable bonds is 3. The fourth-order valence-corrected chi connectivity index (χ4v) is 3.69. The molecule has 0 unspecified atom stereocenters. The van der Waals surface area contributed by atoms with Gasteiger partial charge in [-0.2, -0.15) is 0 Å². The van der Waals surface area contributed by atoms with E-state index in [-0.39, 0.29) is 18.1 Å². The summed E-state index contributed by atoms with van der Waals surface area (Å²) in [5, 5.41) is 16.5. The molecule has 134 valence electrons. The van der Waals surface area contributed by atoms with Gasteiger partial charge in [0.15, 0.2) is 0 Å². The van der Waals surface area contributed by atoms with Crippen LogP contribution in [0.1, 0.15) is 49.1 Å². The molecule has 1 aromatic carbocycles. The third-order valence-electron chi connectivity index (χ3n) is 4.79. The maximum Gasteiger partial charge on any atom is 0.313 e. The first kappa shape index (κ1) is 17.5. The predicted molar refractivity (Wildman–Crippen MR) is 93.5 cm³/mol. The Morgan fingerprint density at radius 1 is 1.28 bits per heavy atom. The molecule has 0 amide bonds. The van der Waals surface area contributed by atoms with Crippen molar-refractivity contribution in [2.45, 2.75) is 51.7 Å². The third kappa shape index (κ3) is 3.14. The van der Waals surface area contributed by atoms with Gasteiger partial charge in [0, 0.05) is 23.6 Å². The predicted octanol–water partition coefficient (Wildman–Crippen LogP) is 2.02. The Balaban J connectivity index is 2.18. The van der Waals surface area contributed by atoms with Crippen LogP contribution in [0.5, 0.6) is 0 Å². The van der Waals surface area contributed by atoms with E-state index in [9.17, 15) is 14.7 Å². The summed E-state index contributed by atoms with van der Waals surface area (Å²) in [5.41, 5.74) is 1.42. The van der Waals surface area contributed by atoms with Crippen LogP contribution in [0.25, 0.3) is 0 Å². The van der Waals surface area contributed by atoms with Gasteiger partial charge in [0.25, 0.3) is 5.56 Å². The van der Waals surface area contributed by atoms with Crippen LogP contribution >= 0.6 is 0 Å². The number of aromatic amines is 2. The van der Waals surface area contributed by atoms with Crippen molar-refractivity contribution >= 4 is 5.97 Å². The zero-order valence-electron chi connectivity index (χ0n) is 14.9. The molecule has 1 aliphatic rings. The molecule has 3 atom stereocenters. The van der Waals surface area contributed by atoms with Crippen molar-refractivity contribution in [3.8, 4) is 0 Å². The summed E-state index contributed by atoms with van der Waals surface area (Å²) in [6, 6.07) is 7.66. The average Bonchev–Trinajstić information content (AvgIpc) is 2.85. The van der Waals surface area contributed by atoms with Gasteiger partial charge in [-0.25, -0.2) is 0 Å². The lowest BCUT2D eigenvalue weighted by atomic mass is 9.66. The SMILES string of the molecule is Cc1ccc([C@@H]2c3c([nH][nH]c3=O)C[C@](C)(O)[C@H]2C(=O)OC(C)C)cc1. The first-order valence-corrected chi connectivity index (χ1v) is 8.49. The molecule has 1 heterocycles. The van der Waals surface area contributed by atoms with E-state index in [2.05, 4.69) is 10.2 Å². The Labute approximate surface area is 146 Å². The topological polar surface area (TPSA) is 95.2 Å². The highest BCUT2D eigenvalue weighted by atomic mass is 16.5. The van der Waals surface area contributed by atoms with E-state index >= 15 is 0 Å². The molecule has 3 rings (SSSR count). The fourth-order valence-electron chi connectivity index (χ4n) is 3.69. The number of benzene rings is 1. The number of esters is 1. The zero-order chi connectivity index (χ0) is 18.4. The first-order valence-electron chi connectivity index (χ1n) is 8.49. The quantitative estimate of drug-likeness (QED) is 0.742. The molecular weight excluding hydrogens is 320 g/mol. The Kier molecular flexibility index (Phi) is 4.33. The normalized spacial score (nSPS) is 25.7. The van der Waals surface area contributed by atoms with E-state index in [0.29, 0.717) is 11.3 Å². The zero-order valence-corrected chi connectivity index (χ0v) is 14.9. The second kappa shape index (κ2) is 6.19. The molecular formula is C19H24N2O4. The molecule has 6 heteroatoms. The summed E-state index contributed by atoms with van der Waals surface area (Å²) >= 11 is 0. The average molecular weight is 344 g/mol. The molecule has 0 fully saturated rings. The highest BCUT2D eigenvalue weighted by molar-refractivity contribution is 5.77. The van der Waals surface area contributed by atoms with Gasteiger partial charge in [-0.3, -0.25) is 14.7 Å². The summed E-state index contributed by atoms with van der Waals surface area (Å²) in [7, 11) is 0.